The number of carbonyl (C=O) groups is 2. The minimum atomic E-state index is -0.446. The molecule has 0 saturated heterocycles. The fourth-order valence-corrected chi connectivity index (χ4v) is 5.02. The van der Waals surface area contributed by atoms with E-state index in [0.717, 1.165) is 56.1 Å². The molecule has 0 atom stereocenters. The molecule has 4 rings (SSSR count). The molecule has 0 bridgehead atoms. The molecule has 1 aliphatic rings. The zero-order chi connectivity index (χ0) is 24.6. The van der Waals surface area contributed by atoms with Gasteiger partial charge in [0, 0.05) is 5.56 Å². The molecule has 4 nitrogen and oxygen atoms in total. The van der Waals surface area contributed by atoms with Gasteiger partial charge in [-0.3, -0.25) is 0 Å². The highest BCUT2D eigenvalue weighted by Crippen LogP contribution is 2.47. The lowest BCUT2D eigenvalue weighted by Crippen LogP contribution is -2.18. The average Bonchev–Trinajstić information content (AvgIpc) is 2.91. The van der Waals surface area contributed by atoms with Crippen LogP contribution in [-0.4, -0.2) is 11.9 Å². The Balaban J connectivity index is 1.86. The van der Waals surface area contributed by atoms with Crippen LogP contribution in [0.2, 0.25) is 0 Å². The molecule has 1 fully saturated rings. The zero-order valence-corrected chi connectivity index (χ0v) is 20.7. The lowest BCUT2D eigenvalue weighted by atomic mass is 9.80. The van der Waals surface area contributed by atoms with Gasteiger partial charge in [0.2, 0.25) is 0 Å². The maximum atomic E-state index is 13.3. The van der Waals surface area contributed by atoms with Gasteiger partial charge in [0.25, 0.3) is 0 Å². The Bertz CT molecular complexity index is 1150. The Morgan fingerprint density at radius 3 is 1.80 bits per heavy atom. The molecule has 3 aromatic rings. The molecular formula is C31H34O4. The van der Waals surface area contributed by atoms with Crippen LogP contribution in [0.4, 0.5) is 0 Å². The lowest BCUT2D eigenvalue weighted by molar-refractivity contribution is 0.0678. The minimum Gasteiger partial charge on any atom is -0.419 e. The number of hydrogen-bond acceptors (Lipinski definition) is 4. The summed E-state index contributed by atoms with van der Waals surface area (Å²) >= 11 is 0. The first-order valence-corrected chi connectivity index (χ1v) is 12.8. The second kappa shape index (κ2) is 11.8. The molecule has 0 aliphatic heterocycles. The number of benzene rings is 3. The van der Waals surface area contributed by atoms with Gasteiger partial charge in [-0.05, 0) is 67.0 Å². The molecule has 35 heavy (non-hydrogen) atoms. The largest absolute Gasteiger partial charge is 0.419 e. The van der Waals surface area contributed by atoms with Crippen LogP contribution in [0.15, 0.2) is 66.7 Å². The Kier molecular flexibility index (Phi) is 8.36. The van der Waals surface area contributed by atoms with Crippen molar-refractivity contribution in [3.63, 3.8) is 0 Å². The van der Waals surface area contributed by atoms with Gasteiger partial charge in [-0.25, -0.2) is 9.59 Å². The summed E-state index contributed by atoms with van der Waals surface area (Å²) in [5, 5.41) is 0. The van der Waals surface area contributed by atoms with Crippen molar-refractivity contribution in [3.05, 3.63) is 94.5 Å². The van der Waals surface area contributed by atoms with Gasteiger partial charge in [-0.1, -0.05) is 82.0 Å². The smallest absolute Gasteiger partial charge is 0.343 e. The van der Waals surface area contributed by atoms with Gasteiger partial charge >= 0.3 is 11.9 Å². The molecule has 3 aromatic carbocycles. The van der Waals surface area contributed by atoms with E-state index in [4.69, 9.17) is 9.47 Å². The van der Waals surface area contributed by atoms with Gasteiger partial charge < -0.3 is 9.47 Å². The van der Waals surface area contributed by atoms with Crippen molar-refractivity contribution in [3.8, 4) is 11.5 Å². The Labute approximate surface area is 208 Å². The van der Waals surface area contributed by atoms with E-state index in [1.807, 2.05) is 36.4 Å². The van der Waals surface area contributed by atoms with E-state index in [0.29, 0.717) is 22.6 Å². The highest BCUT2D eigenvalue weighted by molar-refractivity contribution is 5.93. The van der Waals surface area contributed by atoms with Crippen LogP contribution in [0.5, 0.6) is 11.5 Å². The van der Waals surface area contributed by atoms with Gasteiger partial charge in [0.05, 0.1) is 11.1 Å². The Morgan fingerprint density at radius 2 is 1.29 bits per heavy atom. The normalized spacial score (nSPS) is 13.9. The number of rotatable bonds is 8. The molecule has 4 heteroatoms. The maximum Gasteiger partial charge on any atom is 0.343 e. The summed E-state index contributed by atoms with van der Waals surface area (Å²) in [6, 6.07) is 20.1. The predicted octanol–water partition coefficient (Wildman–Crippen LogP) is 7.69. The van der Waals surface area contributed by atoms with E-state index in [1.54, 1.807) is 24.3 Å². The van der Waals surface area contributed by atoms with Crippen LogP contribution in [-0.2, 0) is 12.8 Å². The van der Waals surface area contributed by atoms with E-state index in [9.17, 15) is 9.59 Å². The van der Waals surface area contributed by atoms with Crippen molar-refractivity contribution in [2.75, 3.05) is 0 Å². The molecule has 0 unspecified atom stereocenters. The van der Waals surface area contributed by atoms with Gasteiger partial charge in [0.1, 0.15) is 0 Å². The van der Waals surface area contributed by atoms with Crippen LogP contribution < -0.4 is 9.47 Å². The van der Waals surface area contributed by atoms with Gasteiger partial charge in [-0.2, -0.15) is 0 Å². The van der Waals surface area contributed by atoms with Crippen molar-refractivity contribution in [2.45, 2.75) is 71.1 Å². The highest BCUT2D eigenvalue weighted by atomic mass is 16.6. The molecule has 1 saturated carbocycles. The minimum absolute atomic E-state index is 0.280. The summed E-state index contributed by atoms with van der Waals surface area (Å²) in [5.41, 5.74) is 4.06. The Hall–Kier alpha value is -3.40. The summed E-state index contributed by atoms with van der Waals surface area (Å²) in [4.78, 5) is 26.4. The molecular weight excluding hydrogens is 436 g/mol. The third kappa shape index (κ3) is 5.82. The molecule has 0 aromatic heterocycles. The molecule has 0 amide bonds. The number of hydrogen-bond donors (Lipinski definition) is 0. The fraction of sp³-hybridized carbons (Fsp3) is 0.355. The number of aryl methyl sites for hydroxylation is 2. The average molecular weight is 471 g/mol. The molecule has 0 spiro atoms. The monoisotopic (exact) mass is 470 g/mol. The standard InChI is InChI=1S/C31H34O4/c1-3-14-26-21-22(4-2)27(23-15-8-5-9-16-23)29(35-31(33)25-19-12-7-13-20-25)28(26)34-30(32)24-17-10-6-11-18-24/h6-7,10-13,17-21,23H,3-5,8-9,14-16H2,1-2H3. The summed E-state index contributed by atoms with van der Waals surface area (Å²) in [7, 11) is 0. The van der Waals surface area contributed by atoms with Crippen LogP contribution in [0.3, 0.4) is 0 Å². The third-order valence-corrected chi connectivity index (χ3v) is 6.76. The SMILES string of the molecule is CCCc1cc(CC)c(C2CCCCC2)c(OC(=O)c2ccccc2)c1OC(=O)c1ccccc1. The van der Waals surface area contributed by atoms with E-state index in [2.05, 4.69) is 19.9 Å². The first kappa shape index (κ1) is 24.7. The second-order valence-electron chi connectivity index (χ2n) is 9.22. The van der Waals surface area contributed by atoms with Crippen molar-refractivity contribution >= 4 is 11.9 Å². The van der Waals surface area contributed by atoms with Crippen molar-refractivity contribution in [1.29, 1.82) is 0 Å². The van der Waals surface area contributed by atoms with E-state index < -0.39 is 11.9 Å². The van der Waals surface area contributed by atoms with E-state index in [-0.39, 0.29) is 5.92 Å². The third-order valence-electron chi connectivity index (χ3n) is 6.76. The van der Waals surface area contributed by atoms with Gasteiger partial charge in [0.15, 0.2) is 11.5 Å². The van der Waals surface area contributed by atoms with Crippen LogP contribution in [0.1, 0.15) is 95.7 Å². The number of ether oxygens (including phenoxy) is 2. The maximum absolute atomic E-state index is 13.3. The first-order valence-electron chi connectivity index (χ1n) is 12.8. The number of carbonyl (C=O) groups excluding carboxylic acids is 2. The molecule has 0 N–H and O–H groups in total. The summed E-state index contributed by atoms with van der Waals surface area (Å²) in [5.74, 6) is 0.219. The topological polar surface area (TPSA) is 52.6 Å². The van der Waals surface area contributed by atoms with Gasteiger partial charge in [-0.15, -0.1) is 0 Å². The number of esters is 2. The molecule has 0 heterocycles. The van der Waals surface area contributed by atoms with E-state index in [1.165, 1.54) is 12.0 Å². The Morgan fingerprint density at radius 1 is 0.743 bits per heavy atom. The van der Waals surface area contributed by atoms with Crippen molar-refractivity contribution in [2.24, 2.45) is 0 Å². The molecule has 182 valence electrons. The van der Waals surface area contributed by atoms with Crippen LogP contribution >= 0.6 is 0 Å². The quantitative estimate of drug-likeness (QED) is 0.250. The van der Waals surface area contributed by atoms with Crippen molar-refractivity contribution in [1.82, 2.24) is 0 Å². The predicted molar refractivity (Wildman–Crippen MR) is 138 cm³/mol. The first-order chi connectivity index (χ1) is 17.1. The lowest BCUT2D eigenvalue weighted by Gasteiger charge is -2.28. The zero-order valence-electron chi connectivity index (χ0n) is 20.7. The van der Waals surface area contributed by atoms with E-state index >= 15 is 0 Å². The summed E-state index contributed by atoms with van der Waals surface area (Å²) in [6.45, 7) is 4.23. The van der Waals surface area contributed by atoms with Crippen LogP contribution in [0.25, 0.3) is 0 Å². The molecule has 0 radical (unpaired) electrons. The van der Waals surface area contributed by atoms with Crippen LogP contribution in [0, 0.1) is 0 Å². The molecule has 1 aliphatic carbocycles. The van der Waals surface area contributed by atoms with Crippen molar-refractivity contribution < 1.29 is 19.1 Å². The highest BCUT2D eigenvalue weighted by Gasteiger charge is 2.30. The fourth-order valence-electron chi connectivity index (χ4n) is 5.02. The summed E-state index contributed by atoms with van der Waals surface area (Å²) in [6.07, 6.45) is 8.04. The summed E-state index contributed by atoms with van der Waals surface area (Å²) < 4.78 is 12.2. The second-order valence-corrected chi connectivity index (χ2v) is 9.22.